The van der Waals surface area contributed by atoms with Crippen LogP contribution in [0.1, 0.15) is 22.6 Å². The van der Waals surface area contributed by atoms with E-state index in [0.29, 0.717) is 5.02 Å². The molecule has 1 aliphatic rings. The molecule has 132 valence electrons. The van der Waals surface area contributed by atoms with Crippen LogP contribution in [0, 0.1) is 12.8 Å². The predicted octanol–water partition coefficient (Wildman–Crippen LogP) is 4.91. The average molecular weight is 384 g/mol. The van der Waals surface area contributed by atoms with E-state index in [9.17, 15) is 4.79 Å². The molecule has 0 aliphatic heterocycles. The number of rotatable bonds is 3. The molecule has 1 aliphatic carbocycles. The minimum absolute atomic E-state index is 0.0355. The first-order valence-electron chi connectivity index (χ1n) is 8.56. The number of amides is 1. The van der Waals surface area contributed by atoms with Gasteiger partial charge in [-0.25, -0.2) is 4.98 Å². The largest absolute Gasteiger partial charge is 0.326 e. The number of fused-ring (bicyclic) bond motifs is 1. The molecule has 26 heavy (non-hydrogen) atoms. The quantitative estimate of drug-likeness (QED) is 0.699. The van der Waals surface area contributed by atoms with Crippen LogP contribution in [0.3, 0.4) is 0 Å². The van der Waals surface area contributed by atoms with Crippen LogP contribution < -0.4 is 5.32 Å². The summed E-state index contributed by atoms with van der Waals surface area (Å²) >= 11 is 7.73. The highest BCUT2D eigenvalue weighted by Crippen LogP contribution is 2.35. The summed E-state index contributed by atoms with van der Waals surface area (Å²) in [7, 11) is 0. The molecule has 0 fully saturated rings. The van der Waals surface area contributed by atoms with Crippen LogP contribution in [0.15, 0.2) is 42.7 Å². The molecule has 0 saturated heterocycles. The summed E-state index contributed by atoms with van der Waals surface area (Å²) in [5.74, 6) is 0.0199. The Hall–Kier alpha value is -2.24. The molecular weight excluding hydrogens is 366 g/mol. The monoisotopic (exact) mass is 383 g/mol. The molecule has 6 heteroatoms. The molecule has 1 amide bonds. The highest BCUT2D eigenvalue weighted by Gasteiger charge is 2.28. The highest BCUT2D eigenvalue weighted by molar-refractivity contribution is 7.15. The van der Waals surface area contributed by atoms with Crippen molar-refractivity contribution in [2.45, 2.75) is 26.2 Å². The molecule has 0 bridgehead atoms. The maximum Gasteiger partial charge on any atom is 0.227 e. The van der Waals surface area contributed by atoms with Crippen molar-refractivity contribution in [3.8, 4) is 10.6 Å². The number of benzene rings is 1. The summed E-state index contributed by atoms with van der Waals surface area (Å²) in [4.78, 5) is 22.8. The number of carbonyl (C=O) groups is 1. The molecule has 4 nitrogen and oxygen atoms in total. The summed E-state index contributed by atoms with van der Waals surface area (Å²) in [5.41, 5.74) is 4.01. The minimum Gasteiger partial charge on any atom is -0.326 e. The third-order valence-electron chi connectivity index (χ3n) is 4.70. The third kappa shape index (κ3) is 3.50. The number of pyridine rings is 1. The Bertz CT molecular complexity index is 955. The van der Waals surface area contributed by atoms with Gasteiger partial charge in [-0.2, -0.15) is 0 Å². The number of nitrogens with zero attached hydrogens (tertiary/aromatic N) is 2. The van der Waals surface area contributed by atoms with Gasteiger partial charge in [0, 0.05) is 39.5 Å². The first kappa shape index (κ1) is 17.2. The van der Waals surface area contributed by atoms with E-state index in [4.69, 9.17) is 16.6 Å². The summed E-state index contributed by atoms with van der Waals surface area (Å²) < 4.78 is 0. The van der Waals surface area contributed by atoms with Crippen LogP contribution >= 0.6 is 22.9 Å². The van der Waals surface area contributed by atoms with E-state index in [1.807, 2.05) is 31.2 Å². The number of hydrogen-bond donors (Lipinski definition) is 1. The molecule has 3 aromatic rings. The van der Waals surface area contributed by atoms with Gasteiger partial charge in [0.1, 0.15) is 5.01 Å². The van der Waals surface area contributed by atoms with Crippen molar-refractivity contribution in [3.05, 3.63) is 63.9 Å². The van der Waals surface area contributed by atoms with Gasteiger partial charge in [-0.3, -0.25) is 9.78 Å². The highest BCUT2D eigenvalue weighted by atomic mass is 35.5. The fraction of sp³-hybridized carbons (Fsp3) is 0.250. The fourth-order valence-electron chi connectivity index (χ4n) is 3.18. The zero-order valence-electron chi connectivity index (χ0n) is 14.3. The van der Waals surface area contributed by atoms with Crippen LogP contribution in [0.4, 0.5) is 5.69 Å². The van der Waals surface area contributed by atoms with E-state index in [0.717, 1.165) is 46.8 Å². The Kier molecular flexibility index (Phi) is 4.74. The number of nitrogens with one attached hydrogen (secondary N) is 1. The second-order valence-electron chi connectivity index (χ2n) is 6.51. The number of anilines is 1. The van der Waals surface area contributed by atoms with E-state index < -0.39 is 0 Å². The molecule has 0 spiro atoms. The van der Waals surface area contributed by atoms with Crippen LogP contribution in [-0.4, -0.2) is 15.9 Å². The van der Waals surface area contributed by atoms with E-state index in [1.165, 1.54) is 4.88 Å². The first-order valence-corrected chi connectivity index (χ1v) is 9.75. The summed E-state index contributed by atoms with van der Waals surface area (Å²) in [6.07, 6.45) is 5.95. The van der Waals surface area contributed by atoms with Gasteiger partial charge in [-0.05, 0) is 56.0 Å². The number of aromatic nitrogens is 2. The third-order valence-corrected chi connectivity index (χ3v) is 6.10. The lowest BCUT2D eigenvalue weighted by atomic mass is 9.90. The minimum atomic E-state index is -0.0355. The fourth-order valence-corrected chi connectivity index (χ4v) is 4.55. The van der Waals surface area contributed by atoms with E-state index >= 15 is 0 Å². The summed E-state index contributed by atoms with van der Waals surface area (Å²) in [6.45, 7) is 1.97. The van der Waals surface area contributed by atoms with Crippen LogP contribution in [0.25, 0.3) is 10.6 Å². The molecule has 1 aromatic carbocycles. The molecule has 1 unspecified atom stereocenters. The number of thiazole rings is 1. The summed E-state index contributed by atoms with van der Waals surface area (Å²) in [5, 5.41) is 4.67. The lowest BCUT2D eigenvalue weighted by molar-refractivity contribution is -0.120. The summed E-state index contributed by atoms with van der Waals surface area (Å²) in [6, 6.07) is 9.49. The average Bonchev–Trinajstić information content (AvgIpc) is 3.08. The molecule has 4 rings (SSSR count). The molecule has 2 heterocycles. The van der Waals surface area contributed by atoms with Crippen molar-refractivity contribution < 1.29 is 4.79 Å². The SMILES string of the molecule is Cc1ccc(Cl)cc1NC(=O)C1CCc2nc(-c3ccncc3)sc2C1. The maximum absolute atomic E-state index is 12.7. The van der Waals surface area contributed by atoms with E-state index in [2.05, 4.69) is 10.3 Å². The van der Waals surface area contributed by atoms with E-state index in [-0.39, 0.29) is 11.8 Å². The van der Waals surface area contributed by atoms with Gasteiger partial charge in [-0.1, -0.05) is 17.7 Å². The van der Waals surface area contributed by atoms with Gasteiger partial charge in [-0.15, -0.1) is 11.3 Å². The second kappa shape index (κ2) is 7.17. The Balaban J connectivity index is 1.50. The predicted molar refractivity (Wildman–Crippen MR) is 106 cm³/mol. The smallest absolute Gasteiger partial charge is 0.227 e. The van der Waals surface area contributed by atoms with Crippen LogP contribution in [0.5, 0.6) is 0 Å². The van der Waals surface area contributed by atoms with Gasteiger partial charge < -0.3 is 5.32 Å². The standard InChI is InChI=1S/C20H18ClN3OS/c1-12-2-4-15(21)11-17(12)23-19(25)14-3-5-16-18(10-14)26-20(24-16)13-6-8-22-9-7-13/h2,4,6-9,11,14H,3,5,10H2,1H3,(H,23,25). The Morgan fingerprint density at radius 2 is 2.08 bits per heavy atom. The lowest BCUT2D eigenvalue weighted by Crippen LogP contribution is -2.28. The number of aryl methyl sites for hydroxylation is 2. The number of carbonyl (C=O) groups excluding carboxylic acids is 1. The molecule has 2 aromatic heterocycles. The van der Waals surface area contributed by atoms with Gasteiger partial charge in [0.2, 0.25) is 5.91 Å². The first-order chi connectivity index (χ1) is 12.6. The van der Waals surface area contributed by atoms with E-state index in [1.54, 1.807) is 29.8 Å². The Morgan fingerprint density at radius 3 is 2.88 bits per heavy atom. The van der Waals surface area contributed by atoms with Crippen molar-refractivity contribution in [1.29, 1.82) is 0 Å². The van der Waals surface area contributed by atoms with Crippen molar-refractivity contribution in [2.75, 3.05) is 5.32 Å². The second-order valence-corrected chi connectivity index (χ2v) is 8.03. The molecule has 1 atom stereocenters. The molecule has 1 N–H and O–H groups in total. The van der Waals surface area contributed by atoms with Crippen molar-refractivity contribution in [3.63, 3.8) is 0 Å². The zero-order chi connectivity index (χ0) is 18.1. The van der Waals surface area contributed by atoms with Crippen LogP contribution in [0.2, 0.25) is 5.02 Å². The Morgan fingerprint density at radius 1 is 1.27 bits per heavy atom. The Labute approximate surface area is 161 Å². The number of hydrogen-bond acceptors (Lipinski definition) is 4. The van der Waals surface area contributed by atoms with Crippen molar-refractivity contribution in [1.82, 2.24) is 9.97 Å². The van der Waals surface area contributed by atoms with Crippen molar-refractivity contribution >= 4 is 34.5 Å². The van der Waals surface area contributed by atoms with Gasteiger partial charge in [0.05, 0.1) is 5.69 Å². The van der Waals surface area contributed by atoms with Gasteiger partial charge >= 0.3 is 0 Å². The topological polar surface area (TPSA) is 54.9 Å². The van der Waals surface area contributed by atoms with Gasteiger partial charge in [0.25, 0.3) is 0 Å². The normalized spacial score (nSPS) is 16.2. The van der Waals surface area contributed by atoms with Crippen molar-refractivity contribution in [2.24, 2.45) is 5.92 Å². The number of halogens is 1. The maximum atomic E-state index is 12.7. The molecule has 0 saturated carbocycles. The molecular formula is C20H18ClN3OS. The zero-order valence-corrected chi connectivity index (χ0v) is 15.9. The van der Waals surface area contributed by atoms with Crippen LogP contribution in [-0.2, 0) is 17.6 Å². The molecule has 0 radical (unpaired) electrons. The van der Waals surface area contributed by atoms with Gasteiger partial charge in [0.15, 0.2) is 0 Å². The lowest BCUT2D eigenvalue weighted by Gasteiger charge is -2.21.